The van der Waals surface area contributed by atoms with Gasteiger partial charge in [-0.15, -0.1) is 0 Å². The van der Waals surface area contributed by atoms with E-state index in [2.05, 4.69) is 11.9 Å². The van der Waals surface area contributed by atoms with Gasteiger partial charge in [0.25, 0.3) is 5.91 Å². The lowest BCUT2D eigenvalue weighted by Gasteiger charge is -2.13. The van der Waals surface area contributed by atoms with E-state index in [0.29, 0.717) is 30.2 Å². The molecule has 0 bridgehead atoms. The van der Waals surface area contributed by atoms with E-state index in [4.69, 9.17) is 14.2 Å². The van der Waals surface area contributed by atoms with Crippen LogP contribution in [0.2, 0.25) is 0 Å². The summed E-state index contributed by atoms with van der Waals surface area (Å²) >= 11 is 0. The first-order valence-electron chi connectivity index (χ1n) is 9.14. The molecule has 1 aliphatic rings. The number of hydrogen-bond donors (Lipinski definition) is 1. The lowest BCUT2D eigenvalue weighted by atomic mass is 10.1. The van der Waals surface area contributed by atoms with Gasteiger partial charge >= 0.3 is 0 Å². The molecule has 1 amide bonds. The predicted octanol–water partition coefficient (Wildman–Crippen LogP) is 4.45. The van der Waals surface area contributed by atoms with E-state index in [1.54, 1.807) is 12.1 Å². The summed E-state index contributed by atoms with van der Waals surface area (Å²) in [4.78, 5) is 12.6. The molecule has 0 spiro atoms. The molecule has 3 rings (SSSR count). The van der Waals surface area contributed by atoms with Crippen molar-refractivity contribution in [2.45, 2.75) is 25.9 Å². The smallest absolute Gasteiger partial charge is 0.259 e. The zero-order valence-electron chi connectivity index (χ0n) is 15.6. The van der Waals surface area contributed by atoms with Gasteiger partial charge in [-0.05, 0) is 61.7 Å². The Balaban J connectivity index is 1.58. The van der Waals surface area contributed by atoms with Crippen molar-refractivity contribution < 1.29 is 19.0 Å². The number of benzene rings is 2. The van der Waals surface area contributed by atoms with Crippen molar-refractivity contribution in [1.82, 2.24) is 0 Å². The zero-order chi connectivity index (χ0) is 19.1. The van der Waals surface area contributed by atoms with Crippen molar-refractivity contribution >= 4 is 11.6 Å². The molecule has 0 radical (unpaired) electrons. The Morgan fingerprint density at radius 1 is 1.19 bits per heavy atom. The Bertz CT molecular complexity index is 779. The molecule has 1 heterocycles. The molecule has 2 aromatic rings. The van der Waals surface area contributed by atoms with Crippen LogP contribution in [0.5, 0.6) is 11.5 Å². The molecular weight excluding hydrogens is 342 g/mol. The number of nitrogens with one attached hydrogen (secondary N) is 1. The highest BCUT2D eigenvalue weighted by Gasteiger charge is 2.16. The number of carbonyl (C=O) groups excluding carboxylic acids is 1. The third-order valence-electron chi connectivity index (χ3n) is 4.18. The summed E-state index contributed by atoms with van der Waals surface area (Å²) in [5.41, 5.74) is 2.07. The maximum atomic E-state index is 12.6. The first-order valence-corrected chi connectivity index (χ1v) is 9.14. The summed E-state index contributed by atoms with van der Waals surface area (Å²) in [5.74, 6) is 1.07. The molecule has 5 nitrogen and oxygen atoms in total. The van der Waals surface area contributed by atoms with Gasteiger partial charge in [0, 0.05) is 12.3 Å². The third-order valence-corrected chi connectivity index (χ3v) is 4.18. The summed E-state index contributed by atoms with van der Waals surface area (Å²) in [6.45, 7) is 7.44. The van der Waals surface area contributed by atoms with Crippen LogP contribution in [0.25, 0.3) is 0 Å². The average Bonchev–Trinajstić information content (AvgIpc) is 3.19. The molecule has 0 aromatic heterocycles. The summed E-state index contributed by atoms with van der Waals surface area (Å²) < 4.78 is 17.0. The number of carbonyl (C=O) groups is 1. The van der Waals surface area contributed by atoms with Crippen LogP contribution in [0.4, 0.5) is 5.69 Å². The fraction of sp³-hybridized carbons (Fsp3) is 0.318. The number of para-hydroxylation sites is 1. The van der Waals surface area contributed by atoms with Crippen molar-refractivity contribution in [2.24, 2.45) is 0 Å². The van der Waals surface area contributed by atoms with Gasteiger partial charge in [-0.1, -0.05) is 18.7 Å². The van der Waals surface area contributed by atoms with Gasteiger partial charge in [-0.3, -0.25) is 4.79 Å². The summed E-state index contributed by atoms with van der Waals surface area (Å²) in [6, 6.07) is 14.5. The molecule has 1 aliphatic heterocycles. The Labute approximate surface area is 159 Å². The van der Waals surface area contributed by atoms with Gasteiger partial charge in [-0.25, -0.2) is 0 Å². The quantitative estimate of drug-likeness (QED) is 0.700. The molecule has 1 atom stereocenters. The molecule has 1 N–H and O–H groups in total. The minimum Gasteiger partial charge on any atom is -0.491 e. The van der Waals surface area contributed by atoms with Gasteiger partial charge in [0.05, 0.1) is 11.7 Å². The van der Waals surface area contributed by atoms with Crippen molar-refractivity contribution in [3.8, 4) is 11.5 Å². The minimum atomic E-state index is -0.222. The van der Waals surface area contributed by atoms with Crippen LogP contribution in [0, 0.1) is 0 Å². The molecule has 27 heavy (non-hydrogen) atoms. The summed E-state index contributed by atoms with van der Waals surface area (Å²) in [7, 11) is 0. The number of anilines is 1. The number of ether oxygens (including phenoxy) is 3. The second kappa shape index (κ2) is 9.24. The largest absolute Gasteiger partial charge is 0.491 e. The van der Waals surface area contributed by atoms with Gasteiger partial charge in [0.15, 0.2) is 0 Å². The highest BCUT2D eigenvalue weighted by atomic mass is 16.5. The van der Waals surface area contributed by atoms with Crippen LogP contribution >= 0.6 is 0 Å². The van der Waals surface area contributed by atoms with E-state index in [0.717, 1.165) is 30.8 Å². The Kier molecular flexibility index (Phi) is 6.49. The minimum absolute atomic E-state index is 0.181. The van der Waals surface area contributed by atoms with Crippen molar-refractivity contribution in [3.05, 3.63) is 66.2 Å². The van der Waals surface area contributed by atoms with E-state index in [1.165, 1.54) is 0 Å². The third kappa shape index (κ3) is 5.59. The van der Waals surface area contributed by atoms with Gasteiger partial charge < -0.3 is 19.5 Å². The Hall–Kier alpha value is -2.79. The second-order valence-corrected chi connectivity index (χ2v) is 6.67. The molecule has 1 fully saturated rings. The second-order valence-electron chi connectivity index (χ2n) is 6.67. The zero-order valence-corrected chi connectivity index (χ0v) is 15.6. The molecule has 0 saturated carbocycles. The summed E-state index contributed by atoms with van der Waals surface area (Å²) in [5, 5.41) is 2.89. The van der Waals surface area contributed by atoms with E-state index in [-0.39, 0.29) is 12.0 Å². The van der Waals surface area contributed by atoms with Crippen molar-refractivity contribution in [1.29, 1.82) is 0 Å². The Morgan fingerprint density at radius 3 is 2.67 bits per heavy atom. The first kappa shape index (κ1) is 19.0. The van der Waals surface area contributed by atoms with E-state index in [9.17, 15) is 4.79 Å². The highest BCUT2D eigenvalue weighted by molar-refractivity contribution is 6.06. The normalized spacial score (nSPS) is 16.0. The van der Waals surface area contributed by atoms with Gasteiger partial charge in [0.1, 0.15) is 24.7 Å². The van der Waals surface area contributed by atoms with E-state index >= 15 is 0 Å². The van der Waals surface area contributed by atoms with Crippen LogP contribution in [0.1, 0.15) is 30.1 Å². The van der Waals surface area contributed by atoms with Crippen LogP contribution in [-0.4, -0.2) is 31.8 Å². The molecule has 1 saturated heterocycles. The lowest BCUT2D eigenvalue weighted by molar-refractivity contribution is 0.0679. The molecule has 0 unspecified atom stereocenters. The van der Waals surface area contributed by atoms with Crippen LogP contribution in [0.15, 0.2) is 60.7 Å². The average molecular weight is 367 g/mol. The van der Waals surface area contributed by atoms with Crippen LogP contribution in [0.3, 0.4) is 0 Å². The topological polar surface area (TPSA) is 56.8 Å². The fourth-order valence-corrected chi connectivity index (χ4v) is 2.78. The van der Waals surface area contributed by atoms with Crippen LogP contribution < -0.4 is 14.8 Å². The number of rotatable bonds is 8. The molecule has 0 aliphatic carbocycles. The van der Waals surface area contributed by atoms with Crippen molar-refractivity contribution in [2.75, 3.05) is 25.1 Å². The molecular formula is C22H25NO4. The standard InChI is InChI=1S/C22H25NO4/c1-16(2)14-27-21-8-4-3-7-20(21)22(24)23-17-9-11-18(12-10-17)26-15-19-6-5-13-25-19/h3-4,7-12,19H,1,5-6,13-15H2,2H3,(H,23,24)/t19-/m0/s1. The Morgan fingerprint density at radius 2 is 1.96 bits per heavy atom. The fourth-order valence-electron chi connectivity index (χ4n) is 2.78. The monoisotopic (exact) mass is 367 g/mol. The number of hydrogen-bond acceptors (Lipinski definition) is 4. The molecule has 5 heteroatoms. The number of amides is 1. The lowest BCUT2D eigenvalue weighted by Crippen LogP contribution is -2.16. The van der Waals surface area contributed by atoms with E-state index in [1.807, 2.05) is 43.3 Å². The summed E-state index contributed by atoms with van der Waals surface area (Å²) in [6.07, 6.45) is 2.32. The maximum absolute atomic E-state index is 12.6. The van der Waals surface area contributed by atoms with Gasteiger partial charge in [-0.2, -0.15) is 0 Å². The predicted molar refractivity (Wildman–Crippen MR) is 106 cm³/mol. The molecule has 142 valence electrons. The van der Waals surface area contributed by atoms with Crippen LogP contribution in [-0.2, 0) is 4.74 Å². The van der Waals surface area contributed by atoms with Gasteiger partial charge in [0.2, 0.25) is 0 Å². The highest BCUT2D eigenvalue weighted by Crippen LogP contribution is 2.22. The maximum Gasteiger partial charge on any atom is 0.259 e. The molecule has 2 aromatic carbocycles. The first-order chi connectivity index (χ1) is 13.1. The van der Waals surface area contributed by atoms with Crippen molar-refractivity contribution in [3.63, 3.8) is 0 Å². The van der Waals surface area contributed by atoms with E-state index < -0.39 is 0 Å². The SMILES string of the molecule is C=C(C)COc1ccccc1C(=O)Nc1ccc(OC[C@@H]2CCCO2)cc1.